The van der Waals surface area contributed by atoms with Crippen LogP contribution in [0.15, 0.2) is 36.4 Å². The number of alkyl halides is 3. The smallest absolute Gasteiger partial charge is 0.417 e. The van der Waals surface area contributed by atoms with Crippen molar-refractivity contribution in [1.82, 2.24) is 9.80 Å². The van der Waals surface area contributed by atoms with Crippen LogP contribution in [0.2, 0.25) is 5.02 Å². The predicted molar refractivity (Wildman–Crippen MR) is 124 cm³/mol. The second kappa shape index (κ2) is 9.96. The fourth-order valence-electron chi connectivity index (χ4n) is 4.23. The lowest BCUT2D eigenvalue weighted by molar-refractivity contribution is -0.137. The first kappa shape index (κ1) is 26.0. The van der Waals surface area contributed by atoms with Gasteiger partial charge in [0.1, 0.15) is 12.4 Å². The van der Waals surface area contributed by atoms with Crippen LogP contribution in [0.4, 0.5) is 13.2 Å². The maximum absolute atomic E-state index is 13.4. The van der Waals surface area contributed by atoms with Gasteiger partial charge in [-0.05, 0) is 63.2 Å². The molecule has 0 aliphatic carbocycles. The molecule has 0 fully saturated rings. The molecule has 0 N–H and O–H groups in total. The van der Waals surface area contributed by atoms with Gasteiger partial charge >= 0.3 is 6.18 Å². The van der Waals surface area contributed by atoms with Crippen molar-refractivity contribution in [2.75, 3.05) is 26.2 Å². The van der Waals surface area contributed by atoms with E-state index in [0.29, 0.717) is 24.5 Å². The van der Waals surface area contributed by atoms with E-state index in [-0.39, 0.29) is 17.5 Å². The second-order valence-electron chi connectivity index (χ2n) is 8.80. The van der Waals surface area contributed by atoms with Gasteiger partial charge in [0.05, 0.1) is 21.7 Å². The predicted octanol–water partition coefficient (Wildman–Crippen LogP) is 5.70. The molecule has 0 saturated heterocycles. The molecule has 0 unspecified atom stereocenters. The number of hydrogen-bond acceptors (Lipinski definition) is 4. The molecule has 0 aromatic heterocycles. The molecule has 9 heteroatoms. The number of imide groups is 1. The lowest BCUT2D eigenvalue weighted by atomic mass is 9.92. The maximum atomic E-state index is 13.4. The van der Waals surface area contributed by atoms with Crippen molar-refractivity contribution in [3.8, 4) is 5.75 Å². The summed E-state index contributed by atoms with van der Waals surface area (Å²) in [5.41, 5.74) is -1.32. The SMILES string of the molecule is CCN(CC)CCOc1cccc2c1C(=O)N(C(C)(C)Cc1ccc(Cl)c(C(F)(F)F)c1)C2=O. The molecule has 2 aromatic rings. The van der Waals surface area contributed by atoms with Crippen LogP contribution < -0.4 is 4.74 Å². The minimum Gasteiger partial charge on any atom is -0.491 e. The third-order valence-electron chi connectivity index (χ3n) is 6.01. The van der Waals surface area contributed by atoms with Crippen LogP contribution in [0.25, 0.3) is 0 Å². The van der Waals surface area contributed by atoms with E-state index in [9.17, 15) is 22.8 Å². The zero-order chi connectivity index (χ0) is 25.3. The Balaban J connectivity index is 1.85. The third-order valence-corrected chi connectivity index (χ3v) is 6.34. The van der Waals surface area contributed by atoms with Crippen molar-refractivity contribution < 1.29 is 27.5 Å². The highest BCUT2D eigenvalue weighted by atomic mass is 35.5. The zero-order valence-corrected chi connectivity index (χ0v) is 20.4. The van der Waals surface area contributed by atoms with Crippen molar-refractivity contribution >= 4 is 23.4 Å². The van der Waals surface area contributed by atoms with E-state index in [2.05, 4.69) is 4.90 Å². The highest BCUT2D eigenvalue weighted by Crippen LogP contribution is 2.38. The summed E-state index contributed by atoms with van der Waals surface area (Å²) in [7, 11) is 0. The van der Waals surface area contributed by atoms with E-state index in [0.717, 1.165) is 24.1 Å². The summed E-state index contributed by atoms with van der Waals surface area (Å²) >= 11 is 5.73. The summed E-state index contributed by atoms with van der Waals surface area (Å²) in [5, 5.41) is -0.402. The van der Waals surface area contributed by atoms with E-state index >= 15 is 0 Å². The number of likely N-dealkylation sites (N-methyl/N-ethyl adjacent to an activating group) is 1. The minimum absolute atomic E-state index is 0.0247. The van der Waals surface area contributed by atoms with Crippen LogP contribution in [0.1, 0.15) is 59.5 Å². The molecule has 184 valence electrons. The average Bonchev–Trinajstić information content (AvgIpc) is 3.03. The molecule has 2 aromatic carbocycles. The van der Waals surface area contributed by atoms with Gasteiger partial charge in [0.25, 0.3) is 11.8 Å². The van der Waals surface area contributed by atoms with Gasteiger partial charge in [0.2, 0.25) is 0 Å². The molecule has 2 amide bonds. The second-order valence-corrected chi connectivity index (χ2v) is 9.21. The minimum atomic E-state index is -4.61. The Kier molecular flexibility index (Phi) is 7.62. The fourth-order valence-corrected chi connectivity index (χ4v) is 4.45. The third kappa shape index (κ3) is 5.23. The quantitative estimate of drug-likeness (QED) is 0.418. The number of benzene rings is 2. The van der Waals surface area contributed by atoms with Gasteiger partial charge in [0.15, 0.2) is 0 Å². The highest BCUT2D eigenvalue weighted by molar-refractivity contribution is 6.31. The van der Waals surface area contributed by atoms with Crippen molar-refractivity contribution in [2.45, 2.75) is 45.8 Å². The van der Waals surface area contributed by atoms with Gasteiger partial charge in [-0.15, -0.1) is 0 Å². The summed E-state index contributed by atoms with van der Waals surface area (Å²) in [4.78, 5) is 29.8. The summed E-state index contributed by atoms with van der Waals surface area (Å²) in [6.07, 6.45) is -4.58. The van der Waals surface area contributed by atoms with Gasteiger partial charge in [-0.25, -0.2) is 0 Å². The topological polar surface area (TPSA) is 49.9 Å². The van der Waals surface area contributed by atoms with Crippen LogP contribution in [-0.4, -0.2) is 53.4 Å². The molecule has 5 nitrogen and oxygen atoms in total. The van der Waals surface area contributed by atoms with Crippen molar-refractivity contribution in [1.29, 1.82) is 0 Å². The van der Waals surface area contributed by atoms with Crippen LogP contribution in [0.3, 0.4) is 0 Å². The lowest BCUT2D eigenvalue weighted by Crippen LogP contribution is -2.49. The van der Waals surface area contributed by atoms with Gasteiger partial charge in [0, 0.05) is 12.1 Å². The summed E-state index contributed by atoms with van der Waals surface area (Å²) in [6, 6.07) is 8.48. The fraction of sp³-hybridized carbons (Fsp3) is 0.440. The number of halogens is 4. The first-order valence-electron chi connectivity index (χ1n) is 11.1. The molecule has 0 radical (unpaired) electrons. The molecule has 34 heavy (non-hydrogen) atoms. The van der Waals surface area contributed by atoms with Crippen LogP contribution in [-0.2, 0) is 12.6 Å². The van der Waals surface area contributed by atoms with Crippen molar-refractivity contribution in [2.24, 2.45) is 0 Å². The molecule has 0 saturated carbocycles. The molecule has 0 bridgehead atoms. The van der Waals surface area contributed by atoms with Crippen LogP contribution in [0.5, 0.6) is 5.75 Å². The number of hydrogen-bond donors (Lipinski definition) is 0. The van der Waals surface area contributed by atoms with E-state index in [1.54, 1.807) is 32.0 Å². The van der Waals surface area contributed by atoms with Crippen LogP contribution in [0, 0.1) is 0 Å². The number of nitrogens with zero attached hydrogens (tertiary/aromatic N) is 2. The van der Waals surface area contributed by atoms with Crippen LogP contribution >= 0.6 is 11.6 Å². The Bertz CT molecular complexity index is 1080. The number of amides is 2. The number of fused-ring (bicyclic) bond motifs is 1. The van der Waals surface area contributed by atoms with Crippen molar-refractivity contribution in [3.63, 3.8) is 0 Å². The van der Waals surface area contributed by atoms with Gasteiger partial charge in [-0.1, -0.05) is 37.6 Å². The number of ether oxygens (including phenoxy) is 1. The largest absolute Gasteiger partial charge is 0.491 e. The molecule has 3 rings (SSSR count). The Labute approximate surface area is 202 Å². The number of carbonyl (C=O) groups is 2. The van der Waals surface area contributed by atoms with E-state index in [1.807, 2.05) is 13.8 Å². The Hall–Kier alpha value is -2.58. The standard InChI is InChI=1S/C25H28ClF3N2O3/c1-5-30(6-2)12-13-34-20-9-7-8-17-21(20)23(33)31(22(17)32)24(3,4)15-16-10-11-19(26)18(14-16)25(27,28)29/h7-11,14H,5-6,12-13,15H2,1-4H3. The molecule has 0 spiro atoms. The zero-order valence-electron chi connectivity index (χ0n) is 19.6. The number of rotatable bonds is 9. The summed E-state index contributed by atoms with van der Waals surface area (Å²) in [6.45, 7) is 10.2. The monoisotopic (exact) mass is 496 g/mol. The Morgan fingerprint density at radius 2 is 1.71 bits per heavy atom. The maximum Gasteiger partial charge on any atom is 0.417 e. The molecule has 1 aliphatic heterocycles. The van der Waals surface area contributed by atoms with Gasteiger partial charge in [-0.2, -0.15) is 13.2 Å². The van der Waals surface area contributed by atoms with E-state index < -0.39 is 34.1 Å². The average molecular weight is 497 g/mol. The molecule has 0 atom stereocenters. The van der Waals surface area contributed by atoms with Crippen molar-refractivity contribution in [3.05, 3.63) is 63.7 Å². The molecule has 1 heterocycles. The lowest BCUT2D eigenvalue weighted by Gasteiger charge is -2.34. The van der Waals surface area contributed by atoms with E-state index in [4.69, 9.17) is 16.3 Å². The first-order valence-corrected chi connectivity index (χ1v) is 11.5. The Morgan fingerprint density at radius 1 is 1.03 bits per heavy atom. The molecule has 1 aliphatic rings. The van der Waals surface area contributed by atoms with Gasteiger partial charge in [-0.3, -0.25) is 14.5 Å². The first-order chi connectivity index (χ1) is 15.9. The molecular formula is C25H28ClF3N2O3. The summed E-state index contributed by atoms with van der Waals surface area (Å²) < 4.78 is 45.7. The number of carbonyl (C=O) groups excluding carboxylic acids is 2. The van der Waals surface area contributed by atoms with Gasteiger partial charge < -0.3 is 9.64 Å². The Morgan fingerprint density at radius 3 is 2.32 bits per heavy atom. The molecular weight excluding hydrogens is 469 g/mol. The summed E-state index contributed by atoms with van der Waals surface area (Å²) in [5.74, 6) is -0.690. The highest BCUT2D eigenvalue weighted by Gasteiger charge is 2.46. The van der Waals surface area contributed by atoms with E-state index in [1.165, 1.54) is 12.1 Å². The normalized spacial score (nSPS) is 14.2.